The molecule has 2 aliphatic rings. The van der Waals surface area contributed by atoms with Crippen molar-refractivity contribution in [1.29, 1.82) is 0 Å². The Labute approximate surface area is 162 Å². The van der Waals surface area contributed by atoms with Gasteiger partial charge < -0.3 is 29.7 Å². The van der Waals surface area contributed by atoms with Crippen molar-refractivity contribution in [2.24, 2.45) is 0 Å². The van der Waals surface area contributed by atoms with E-state index in [4.69, 9.17) is 14.2 Å². The summed E-state index contributed by atoms with van der Waals surface area (Å²) in [5.41, 5.74) is 1.22. The predicted molar refractivity (Wildman–Crippen MR) is 103 cm³/mol. The molecule has 0 bridgehead atoms. The number of methoxy groups -OCH3 is 1. The number of amides is 3. The van der Waals surface area contributed by atoms with Gasteiger partial charge in [-0.2, -0.15) is 0 Å². The van der Waals surface area contributed by atoms with Gasteiger partial charge in [0.05, 0.1) is 7.11 Å². The van der Waals surface area contributed by atoms with Crippen molar-refractivity contribution in [3.8, 4) is 17.2 Å². The first-order valence-electron chi connectivity index (χ1n) is 9.06. The number of benzene rings is 2. The highest BCUT2D eigenvalue weighted by Crippen LogP contribution is 2.34. The Morgan fingerprint density at radius 2 is 1.89 bits per heavy atom. The quantitative estimate of drug-likeness (QED) is 0.847. The van der Waals surface area contributed by atoms with Crippen LogP contribution in [0.15, 0.2) is 42.5 Å². The highest BCUT2D eigenvalue weighted by atomic mass is 16.7. The average molecular weight is 383 g/mol. The number of carbonyl (C=O) groups excluding carboxylic acids is 2. The predicted octanol–water partition coefficient (Wildman–Crippen LogP) is 3.06. The maximum absolute atomic E-state index is 12.8. The first-order valence-corrected chi connectivity index (χ1v) is 9.06. The van der Waals surface area contributed by atoms with E-state index in [2.05, 4.69) is 10.6 Å². The van der Waals surface area contributed by atoms with Crippen molar-refractivity contribution in [2.75, 3.05) is 31.1 Å². The molecule has 146 valence electrons. The summed E-state index contributed by atoms with van der Waals surface area (Å²) in [5.74, 6) is 1.67. The van der Waals surface area contributed by atoms with Crippen LogP contribution in [0, 0.1) is 0 Å². The van der Waals surface area contributed by atoms with E-state index in [9.17, 15) is 9.59 Å². The first-order chi connectivity index (χ1) is 13.6. The van der Waals surface area contributed by atoms with Crippen molar-refractivity contribution < 1.29 is 23.8 Å². The van der Waals surface area contributed by atoms with Gasteiger partial charge in [-0.3, -0.25) is 4.79 Å². The third kappa shape index (κ3) is 3.66. The van der Waals surface area contributed by atoms with Gasteiger partial charge in [-0.25, -0.2) is 4.79 Å². The smallest absolute Gasteiger partial charge is 0.322 e. The van der Waals surface area contributed by atoms with Crippen LogP contribution in [-0.2, 0) is 4.79 Å². The van der Waals surface area contributed by atoms with E-state index in [0.717, 1.165) is 6.42 Å². The van der Waals surface area contributed by atoms with Crippen molar-refractivity contribution in [3.63, 3.8) is 0 Å². The topological polar surface area (TPSA) is 89.1 Å². The molecule has 8 heteroatoms. The number of nitrogens with zero attached hydrogens (tertiary/aromatic N) is 1. The summed E-state index contributed by atoms with van der Waals surface area (Å²) < 4.78 is 15.8. The lowest BCUT2D eigenvalue weighted by atomic mass is 10.2. The molecule has 3 amide bonds. The average Bonchev–Trinajstić information content (AvgIpc) is 3.37. The molecule has 2 heterocycles. The minimum absolute atomic E-state index is 0.174. The van der Waals surface area contributed by atoms with Crippen molar-refractivity contribution >= 4 is 23.3 Å². The number of carbonyl (C=O) groups is 2. The minimum atomic E-state index is -0.531. The second kappa shape index (κ2) is 7.67. The Bertz CT molecular complexity index is 901. The molecule has 0 aromatic heterocycles. The number of nitrogens with one attached hydrogen (secondary N) is 2. The number of fused-ring (bicyclic) bond motifs is 1. The van der Waals surface area contributed by atoms with Gasteiger partial charge in [0.15, 0.2) is 11.5 Å². The largest absolute Gasteiger partial charge is 0.497 e. The molecule has 0 spiro atoms. The number of likely N-dealkylation sites (tertiary alicyclic amines) is 1. The highest BCUT2D eigenvalue weighted by molar-refractivity contribution is 5.99. The van der Waals surface area contributed by atoms with E-state index in [0.29, 0.717) is 41.6 Å². The van der Waals surface area contributed by atoms with Crippen LogP contribution < -0.4 is 24.8 Å². The SMILES string of the molecule is COc1cccc(NC(=O)N2CCC[C@H]2C(=O)Nc2ccc3c(c2)OCO3)c1. The Morgan fingerprint density at radius 1 is 1.07 bits per heavy atom. The van der Waals surface area contributed by atoms with Crippen LogP contribution in [0.5, 0.6) is 17.2 Å². The van der Waals surface area contributed by atoms with Crippen LogP contribution in [0.2, 0.25) is 0 Å². The van der Waals surface area contributed by atoms with Gasteiger partial charge in [0, 0.05) is 30.1 Å². The molecule has 0 saturated carbocycles. The van der Waals surface area contributed by atoms with Crippen LogP contribution in [0.3, 0.4) is 0 Å². The Morgan fingerprint density at radius 3 is 2.75 bits per heavy atom. The monoisotopic (exact) mass is 383 g/mol. The number of ether oxygens (including phenoxy) is 3. The fraction of sp³-hybridized carbons (Fsp3) is 0.300. The second-order valence-corrected chi connectivity index (χ2v) is 6.57. The molecular weight excluding hydrogens is 362 g/mol. The van der Waals surface area contributed by atoms with Gasteiger partial charge in [-0.1, -0.05) is 6.07 Å². The van der Waals surface area contributed by atoms with Crippen LogP contribution in [0.25, 0.3) is 0 Å². The van der Waals surface area contributed by atoms with Gasteiger partial charge in [0.1, 0.15) is 11.8 Å². The number of hydrogen-bond donors (Lipinski definition) is 2. The standard InChI is InChI=1S/C20H21N3O5/c1-26-15-5-2-4-13(10-15)22-20(25)23-9-3-6-16(23)19(24)21-14-7-8-17-18(11-14)28-12-27-17/h2,4-5,7-8,10-11,16H,3,6,9,12H2,1H3,(H,21,24)(H,22,25)/t16-/m0/s1. The van der Waals surface area contributed by atoms with Gasteiger partial charge in [0.25, 0.3) is 0 Å². The lowest BCUT2D eigenvalue weighted by Gasteiger charge is -2.24. The zero-order valence-electron chi connectivity index (χ0n) is 15.4. The van der Waals surface area contributed by atoms with E-state index < -0.39 is 6.04 Å². The number of anilines is 2. The zero-order chi connectivity index (χ0) is 19.5. The maximum atomic E-state index is 12.8. The summed E-state index contributed by atoms with van der Waals surface area (Å²) >= 11 is 0. The van der Waals surface area contributed by atoms with E-state index in [-0.39, 0.29) is 18.7 Å². The normalized spacial score (nSPS) is 17.3. The number of hydrogen-bond acceptors (Lipinski definition) is 5. The van der Waals surface area contributed by atoms with Crippen LogP contribution in [-0.4, -0.2) is 43.3 Å². The van der Waals surface area contributed by atoms with Gasteiger partial charge in [-0.15, -0.1) is 0 Å². The molecule has 0 radical (unpaired) electrons. The Balaban J connectivity index is 1.42. The maximum Gasteiger partial charge on any atom is 0.322 e. The van der Waals surface area contributed by atoms with Crippen LogP contribution in [0.1, 0.15) is 12.8 Å². The summed E-state index contributed by atoms with van der Waals surface area (Å²) in [6, 6.07) is 11.5. The summed E-state index contributed by atoms with van der Waals surface area (Å²) in [4.78, 5) is 27.0. The summed E-state index contributed by atoms with van der Waals surface area (Å²) in [6.07, 6.45) is 1.38. The van der Waals surface area contributed by atoms with Crippen LogP contribution >= 0.6 is 0 Å². The summed E-state index contributed by atoms with van der Waals surface area (Å²) in [7, 11) is 1.57. The molecular formula is C20H21N3O5. The van der Waals surface area contributed by atoms with Crippen molar-refractivity contribution in [3.05, 3.63) is 42.5 Å². The summed E-state index contributed by atoms with van der Waals surface area (Å²) in [6.45, 7) is 0.697. The Kier molecular flexibility index (Phi) is 4.92. The van der Waals surface area contributed by atoms with E-state index in [1.807, 2.05) is 0 Å². The minimum Gasteiger partial charge on any atom is -0.497 e. The van der Waals surface area contributed by atoms with E-state index >= 15 is 0 Å². The Hall–Kier alpha value is -3.42. The molecule has 2 aliphatic heterocycles. The molecule has 28 heavy (non-hydrogen) atoms. The molecule has 0 unspecified atom stereocenters. The third-order valence-corrected chi connectivity index (χ3v) is 4.78. The fourth-order valence-corrected chi connectivity index (χ4v) is 3.38. The van der Waals surface area contributed by atoms with Gasteiger partial charge in [-0.05, 0) is 37.1 Å². The molecule has 4 rings (SSSR count). The molecule has 2 N–H and O–H groups in total. The molecule has 8 nitrogen and oxygen atoms in total. The lowest BCUT2D eigenvalue weighted by molar-refractivity contribution is -0.119. The second-order valence-electron chi connectivity index (χ2n) is 6.57. The molecule has 2 aromatic carbocycles. The molecule has 1 atom stereocenters. The van der Waals surface area contributed by atoms with Gasteiger partial charge in [0.2, 0.25) is 12.7 Å². The van der Waals surface area contributed by atoms with E-state index in [1.165, 1.54) is 0 Å². The highest BCUT2D eigenvalue weighted by Gasteiger charge is 2.34. The van der Waals surface area contributed by atoms with E-state index in [1.54, 1.807) is 54.5 Å². The molecule has 1 saturated heterocycles. The molecule has 1 fully saturated rings. The first kappa shape index (κ1) is 18.0. The zero-order valence-corrected chi connectivity index (χ0v) is 15.4. The fourth-order valence-electron chi connectivity index (χ4n) is 3.38. The number of urea groups is 1. The lowest BCUT2D eigenvalue weighted by Crippen LogP contribution is -2.45. The van der Waals surface area contributed by atoms with Gasteiger partial charge >= 0.3 is 6.03 Å². The summed E-state index contributed by atoms with van der Waals surface area (Å²) in [5, 5.41) is 5.70. The van der Waals surface area contributed by atoms with Crippen molar-refractivity contribution in [2.45, 2.75) is 18.9 Å². The van der Waals surface area contributed by atoms with Crippen LogP contribution in [0.4, 0.5) is 16.2 Å². The molecule has 0 aliphatic carbocycles. The third-order valence-electron chi connectivity index (χ3n) is 4.78. The molecule has 2 aromatic rings. The van der Waals surface area contributed by atoms with Crippen molar-refractivity contribution in [1.82, 2.24) is 4.90 Å². The number of rotatable bonds is 4.